The van der Waals surface area contributed by atoms with Crippen molar-refractivity contribution in [3.8, 4) is 11.3 Å². The summed E-state index contributed by atoms with van der Waals surface area (Å²) in [6.07, 6.45) is 0. The van der Waals surface area contributed by atoms with Crippen LogP contribution in [0.5, 0.6) is 0 Å². The monoisotopic (exact) mass is 328 g/mol. The quantitative estimate of drug-likeness (QED) is 0.679. The summed E-state index contributed by atoms with van der Waals surface area (Å²) in [4.78, 5) is 12.6. The van der Waals surface area contributed by atoms with E-state index in [0.717, 1.165) is 22.7 Å². The summed E-state index contributed by atoms with van der Waals surface area (Å²) in [6, 6.07) is 13.5. The number of hydrogen-bond acceptors (Lipinski definition) is 5. The molecular formula is C17H13FN2O2S. The molecule has 0 saturated carbocycles. The van der Waals surface area contributed by atoms with Crippen LogP contribution in [0.25, 0.3) is 11.3 Å². The minimum absolute atomic E-state index is 0.187. The van der Waals surface area contributed by atoms with Crippen molar-refractivity contribution >= 4 is 17.5 Å². The highest BCUT2D eigenvalue weighted by Gasteiger charge is 2.19. The third kappa shape index (κ3) is 3.43. The van der Waals surface area contributed by atoms with Crippen LogP contribution < -0.4 is 0 Å². The van der Waals surface area contributed by atoms with E-state index >= 15 is 0 Å². The fourth-order valence-corrected chi connectivity index (χ4v) is 2.68. The Morgan fingerprint density at radius 2 is 1.91 bits per heavy atom. The molecule has 0 radical (unpaired) electrons. The Hall–Kier alpha value is -2.60. The molecule has 0 aliphatic rings. The van der Waals surface area contributed by atoms with E-state index in [-0.39, 0.29) is 12.4 Å². The normalized spacial score (nSPS) is 10.5. The summed E-state index contributed by atoms with van der Waals surface area (Å²) in [5, 5.41) is 3.95. The summed E-state index contributed by atoms with van der Waals surface area (Å²) in [7, 11) is 0. The molecule has 0 aliphatic carbocycles. The van der Waals surface area contributed by atoms with Gasteiger partial charge in [-0.2, -0.15) is 0 Å². The van der Waals surface area contributed by atoms with E-state index in [4.69, 9.17) is 4.74 Å². The maximum absolute atomic E-state index is 13.0. The Kier molecular flexibility index (Phi) is 4.43. The van der Waals surface area contributed by atoms with Crippen LogP contribution >= 0.6 is 11.5 Å². The molecule has 3 aromatic rings. The van der Waals surface area contributed by atoms with Crippen molar-refractivity contribution < 1.29 is 13.9 Å². The second-order valence-corrected chi connectivity index (χ2v) is 5.71. The molecule has 116 valence electrons. The summed E-state index contributed by atoms with van der Waals surface area (Å²) >= 11 is 0.967. The third-order valence-corrected chi connectivity index (χ3v) is 4.12. The predicted molar refractivity (Wildman–Crippen MR) is 85.6 cm³/mol. The van der Waals surface area contributed by atoms with Crippen molar-refractivity contribution in [3.05, 3.63) is 70.4 Å². The van der Waals surface area contributed by atoms with Crippen molar-refractivity contribution in [1.29, 1.82) is 0 Å². The first-order valence-electron chi connectivity index (χ1n) is 6.95. The van der Waals surface area contributed by atoms with Gasteiger partial charge in [-0.05, 0) is 53.8 Å². The van der Waals surface area contributed by atoms with Crippen LogP contribution in [-0.2, 0) is 11.3 Å². The van der Waals surface area contributed by atoms with E-state index in [1.54, 1.807) is 12.1 Å². The maximum atomic E-state index is 13.0. The first kappa shape index (κ1) is 15.3. The fraction of sp³-hybridized carbons (Fsp3) is 0.118. The average Bonchev–Trinajstić information content (AvgIpc) is 3.04. The van der Waals surface area contributed by atoms with E-state index in [2.05, 4.69) is 9.59 Å². The van der Waals surface area contributed by atoms with Crippen molar-refractivity contribution in [1.82, 2.24) is 9.59 Å². The van der Waals surface area contributed by atoms with Crippen LogP contribution in [-0.4, -0.2) is 15.6 Å². The van der Waals surface area contributed by atoms with E-state index in [1.165, 1.54) is 12.1 Å². The van der Waals surface area contributed by atoms with Crippen molar-refractivity contribution in [2.24, 2.45) is 0 Å². The molecule has 4 nitrogen and oxygen atoms in total. The smallest absolute Gasteiger partial charge is 0.352 e. The summed E-state index contributed by atoms with van der Waals surface area (Å²) < 4.78 is 22.2. The molecule has 2 aromatic carbocycles. The van der Waals surface area contributed by atoms with Gasteiger partial charge in [0.15, 0.2) is 4.88 Å². The highest BCUT2D eigenvalue weighted by Crippen LogP contribution is 2.25. The van der Waals surface area contributed by atoms with Gasteiger partial charge in [0.25, 0.3) is 0 Å². The molecule has 0 unspecified atom stereocenters. The number of nitrogens with zero attached hydrogens (tertiary/aromatic N) is 2. The molecule has 1 aromatic heterocycles. The lowest BCUT2D eigenvalue weighted by Crippen LogP contribution is -2.05. The van der Waals surface area contributed by atoms with Gasteiger partial charge < -0.3 is 4.74 Å². The van der Waals surface area contributed by atoms with Crippen LogP contribution in [0, 0.1) is 12.7 Å². The molecule has 23 heavy (non-hydrogen) atoms. The summed E-state index contributed by atoms with van der Waals surface area (Å²) in [5.41, 5.74) is 3.04. The summed E-state index contributed by atoms with van der Waals surface area (Å²) in [6.45, 7) is 2.15. The Balaban J connectivity index is 1.77. The van der Waals surface area contributed by atoms with Gasteiger partial charge in [-0.15, -0.1) is 5.10 Å². The molecule has 0 N–H and O–H groups in total. The first-order chi connectivity index (χ1) is 11.1. The largest absolute Gasteiger partial charge is 0.457 e. The lowest BCUT2D eigenvalue weighted by molar-refractivity contribution is 0.0478. The highest BCUT2D eigenvalue weighted by atomic mass is 32.1. The van der Waals surface area contributed by atoms with Crippen LogP contribution in [0.3, 0.4) is 0 Å². The number of halogens is 1. The van der Waals surface area contributed by atoms with Gasteiger partial charge in [0.2, 0.25) is 0 Å². The van der Waals surface area contributed by atoms with Crippen LogP contribution in [0.4, 0.5) is 4.39 Å². The van der Waals surface area contributed by atoms with Crippen LogP contribution in [0.2, 0.25) is 0 Å². The number of carbonyl (C=O) groups is 1. The maximum Gasteiger partial charge on any atom is 0.352 e. The zero-order chi connectivity index (χ0) is 16.2. The average molecular weight is 328 g/mol. The first-order valence-corrected chi connectivity index (χ1v) is 7.72. The lowest BCUT2D eigenvalue weighted by atomic mass is 10.1. The number of ether oxygens (including phenoxy) is 1. The number of esters is 1. The van der Waals surface area contributed by atoms with Gasteiger partial charge in [0.1, 0.15) is 18.1 Å². The van der Waals surface area contributed by atoms with Crippen molar-refractivity contribution in [3.63, 3.8) is 0 Å². The highest BCUT2D eigenvalue weighted by molar-refractivity contribution is 7.08. The number of aromatic nitrogens is 2. The molecule has 3 rings (SSSR count). The minimum Gasteiger partial charge on any atom is -0.457 e. The second kappa shape index (κ2) is 6.66. The van der Waals surface area contributed by atoms with Gasteiger partial charge >= 0.3 is 5.97 Å². The Morgan fingerprint density at radius 1 is 1.17 bits per heavy atom. The minimum atomic E-state index is -0.484. The zero-order valence-electron chi connectivity index (χ0n) is 12.3. The molecule has 0 amide bonds. The summed E-state index contributed by atoms with van der Waals surface area (Å²) in [5.74, 6) is -0.830. The van der Waals surface area contributed by atoms with Crippen LogP contribution in [0.15, 0.2) is 48.5 Å². The topological polar surface area (TPSA) is 52.1 Å². The van der Waals surface area contributed by atoms with Gasteiger partial charge in [-0.3, -0.25) is 0 Å². The number of carbonyl (C=O) groups excluding carboxylic acids is 1. The molecule has 0 bridgehead atoms. The SMILES string of the molecule is Cc1ccccc1COC(=O)c1snnc1-c1ccc(F)cc1. The van der Waals surface area contributed by atoms with E-state index in [0.29, 0.717) is 16.1 Å². The molecular weight excluding hydrogens is 315 g/mol. The van der Waals surface area contributed by atoms with Gasteiger partial charge in [-0.25, -0.2) is 9.18 Å². The molecule has 0 spiro atoms. The Labute approximate surface area is 136 Å². The number of benzene rings is 2. The molecule has 0 saturated heterocycles. The molecule has 0 atom stereocenters. The standard InChI is InChI=1S/C17H13FN2O2S/c1-11-4-2-3-5-13(11)10-22-17(21)16-15(19-20-23-16)12-6-8-14(18)9-7-12/h2-9H,10H2,1H3. The molecule has 6 heteroatoms. The molecule has 0 aliphatic heterocycles. The van der Waals surface area contributed by atoms with Crippen molar-refractivity contribution in [2.75, 3.05) is 0 Å². The van der Waals surface area contributed by atoms with Crippen molar-refractivity contribution in [2.45, 2.75) is 13.5 Å². The van der Waals surface area contributed by atoms with E-state index in [1.807, 2.05) is 31.2 Å². The Morgan fingerprint density at radius 3 is 2.65 bits per heavy atom. The third-order valence-electron chi connectivity index (χ3n) is 3.41. The second-order valence-electron chi connectivity index (χ2n) is 4.96. The predicted octanol–water partition coefficient (Wildman–Crippen LogP) is 4.01. The zero-order valence-corrected chi connectivity index (χ0v) is 13.1. The van der Waals surface area contributed by atoms with Gasteiger partial charge in [-0.1, -0.05) is 28.8 Å². The fourth-order valence-electron chi connectivity index (χ4n) is 2.10. The lowest BCUT2D eigenvalue weighted by Gasteiger charge is -2.07. The number of aryl methyl sites for hydroxylation is 1. The Bertz CT molecular complexity index is 831. The van der Waals surface area contributed by atoms with Crippen LogP contribution in [0.1, 0.15) is 20.8 Å². The number of rotatable bonds is 4. The number of hydrogen-bond donors (Lipinski definition) is 0. The van der Waals surface area contributed by atoms with Gasteiger partial charge in [0.05, 0.1) is 0 Å². The van der Waals surface area contributed by atoms with Gasteiger partial charge in [0, 0.05) is 5.56 Å². The molecule has 0 fully saturated rings. The molecule has 1 heterocycles. The van der Waals surface area contributed by atoms with E-state index in [9.17, 15) is 9.18 Å². The van der Waals surface area contributed by atoms with E-state index < -0.39 is 5.97 Å².